The maximum absolute atomic E-state index is 13.0. The molecule has 1 amide bonds. The molecule has 0 N–H and O–H groups in total. The molecule has 29 heavy (non-hydrogen) atoms. The summed E-state index contributed by atoms with van der Waals surface area (Å²) in [6.45, 7) is -0.300. The van der Waals surface area contributed by atoms with E-state index in [1.807, 2.05) is 4.90 Å². The number of rotatable bonds is 2. The van der Waals surface area contributed by atoms with Gasteiger partial charge in [0.2, 0.25) is 0 Å². The number of carbonyl (C=O) groups is 1. The number of hydrogen-bond donors (Lipinski definition) is 0. The first kappa shape index (κ1) is 17.6. The molecule has 0 saturated carbocycles. The van der Waals surface area contributed by atoms with Crippen LogP contribution in [0.1, 0.15) is 10.4 Å². The van der Waals surface area contributed by atoms with Gasteiger partial charge in [-0.25, -0.2) is 23.2 Å². The van der Waals surface area contributed by atoms with Gasteiger partial charge in [0.1, 0.15) is 6.61 Å². The molecule has 5 rings (SSSR count). The number of aromatic nitrogens is 4. The number of halogens is 2. The molecule has 150 valence electrons. The number of hydrogen-bond acceptors (Lipinski definition) is 6. The topological polar surface area (TPSA) is 85.0 Å². The van der Waals surface area contributed by atoms with Crippen LogP contribution in [0, 0.1) is 0 Å². The number of anilines is 2. The van der Waals surface area contributed by atoms with E-state index in [2.05, 4.69) is 10.1 Å². The first-order valence-electron chi connectivity index (χ1n) is 8.95. The summed E-state index contributed by atoms with van der Waals surface area (Å²) in [6, 6.07) is 5.06. The van der Waals surface area contributed by atoms with Gasteiger partial charge < -0.3 is 14.5 Å². The molecule has 3 aromatic rings. The Balaban J connectivity index is 1.47. The molecule has 0 radical (unpaired) electrons. The fourth-order valence-corrected chi connectivity index (χ4v) is 3.54. The smallest absolute Gasteiger partial charge is 0.350 e. The van der Waals surface area contributed by atoms with Crippen LogP contribution in [0.2, 0.25) is 0 Å². The van der Waals surface area contributed by atoms with E-state index < -0.39 is 24.9 Å². The van der Waals surface area contributed by atoms with Gasteiger partial charge in [0.05, 0.1) is 25.2 Å². The van der Waals surface area contributed by atoms with Crippen molar-refractivity contribution in [3.63, 3.8) is 0 Å². The zero-order chi connectivity index (χ0) is 20.3. The third kappa shape index (κ3) is 2.80. The van der Waals surface area contributed by atoms with Crippen molar-refractivity contribution in [1.29, 1.82) is 0 Å². The molecule has 0 aromatic carbocycles. The fraction of sp³-hybridized carbons (Fsp3) is 0.333. The lowest BCUT2D eigenvalue weighted by atomic mass is 10.1. The zero-order valence-corrected chi connectivity index (χ0v) is 15.4. The maximum atomic E-state index is 13.0. The lowest BCUT2D eigenvalue weighted by molar-refractivity contribution is -0.113. The average Bonchev–Trinajstić information content (AvgIpc) is 2.97. The van der Waals surface area contributed by atoms with Crippen LogP contribution in [0.25, 0.3) is 5.65 Å². The van der Waals surface area contributed by atoms with E-state index in [1.165, 1.54) is 21.3 Å². The molecule has 1 saturated heterocycles. The molecule has 1 fully saturated rings. The van der Waals surface area contributed by atoms with Crippen LogP contribution >= 0.6 is 0 Å². The molecule has 0 spiro atoms. The summed E-state index contributed by atoms with van der Waals surface area (Å²) in [6.07, 6.45) is 3.00. The lowest BCUT2D eigenvalue weighted by Gasteiger charge is -2.38. The molecule has 11 heteroatoms. The maximum Gasteiger partial charge on any atom is 0.350 e. The highest BCUT2D eigenvalue weighted by atomic mass is 19.3. The van der Waals surface area contributed by atoms with Crippen LogP contribution < -0.4 is 15.3 Å². The predicted octanol–water partition coefficient (Wildman–Crippen LogP) is 1.05. The van der Waals surface area contributed by atoms with Crippen LogP contribution in [0.5, 0.6) is 5.75 Å². The minimum Gasteiger partial charge on any atom is -0.488 e. The Morgan fingerprint density at radius 1 is 1.28 bits per heavy atom. The van der Waals surface area contributed by atoms with Crippen molar-refractivity contribution < 1.29 is 18.3 Å². The molecular formula is C18H16F2N6O3. The Morgan fingerprint density at radius 3 is 2.83 bits per heavy atom. The number of ether oxygens (including phenoxy) is 1. The Hall–Kier alpha value is -3.50. The first-order chi connectivity index (χ1) is 13.8. The highest BCUT2D eigenvalue weighted by molar-refractivity contribution is 5.95. The van der Waals surface area contributed by atoms with Gasteiger partial charge in [-0.3, -0.25) is 9.20 Å². The standard InChI is InChI=1S/C18H16F2N6O3/c1-23-17(28)26-3-2-12(7-14(26)22-23)25-4-5-29-13-6-11(8-21-15(13)25)16(27)24-9-18(19,20)10-24/h2-3,6-8H,4-5,9-10H2,1H3. The number of nitrogens with zero attached hydrogens (tertiary/aromatic N) is 6. The van der Waals surface area contributed by atoms with E-state index in [-0.39, 0.29) is 11.3 Å². The average molecular weight is 402 g/mol. The summed E-state index contributed by atoms with van der Waals surface area (Å²) in [5.74, 6) is -2.42. The SMILES string of the molecule is Cn1nc2cc(N3CCOc4cc(C(=O)N5CC(F)(F)C5)cnc43)ccn2c1=O. The molecule has 0 aliphatic carbocycles. The lowest BCUT2D eigenvalue weighted by Crippen LogP contribution is -2.58. The van der Waals surface area contributed by atoms with E-state index in [4.69, 9.17) is 4.74 Å². The van der Waals surface area contributed by atoms with Gasteiger partial charge >= 0.3 is 5.69 Å². The van der Waals surface area contributed by atoms with Crippen molar-refractivity contribution in [1.82, 2.24) is 24.1 Å². The van der Waals surface area contributed by atoms with Gasteiger partial charge in [0, 0.05) is 31.2 Å². The summed E-state index contributed by atoms with van der Waals surface area (Å²) in [5.41, 5.74) is 1.22. The number of fused-ring (bicyclic) bond motifs is 2. The van der Waals surface area contributed by atoms with E-state index in [1.54, 1.807) is 25.4 Å². The van der Waals surface area contributed by atoms with Gasteiger partial charge in [-0.1, -0.05) is 0 Å². The molecule has 0 unspecified atom stereocenters. The number of pyridine rings is 2. The number of carbonyl (C=O) groups excluding carboxylic acids is 1. The minimum atomic E-state index is -2.82. The van der Waals surface area contributed by atoms with Crippen LogP contribution in [-0.2, 0) is 7.05 Å². The fourth-order valence-electron chi connectivity index (χ4n) is 3.54. The van der Waals surface area contributed by atoms with Crippen molar-refractivity contribution in [2.24, 2.45) is 7.05 Å². The Labute approximate surface area is 162 Å². The van der Waals surface area contributed by atoms with Gasteiger partial charge in [0.25, 0.3) is 11.8 Å². The van der Waals surface area contributed by atoms with Crippen molar-refractivity contribution in [2.75, 3.05) is 31.1 Å². The van der Waals surface area contributed by atoms with Crippen molar-refractivity contribution in [3.05, 3.63) is 46.6 Å². The van der Waals surface area contributed by atoms with Crippen LogP contribution in [-0.4, -0.2) is 62.1 Å². The number of alkyl halides is 2. The summed E-state index contributed by atoms with van der Waals surface area (Å²) in [5, 5.41) is 4.19. The summed E-state index contributed by atoms with van der Waals surface area (Å²) < 4.78 is 34.4. The normalized spacial score (nSPS) is 17.6. The highest BCUT2D eigenvalue weighted by Gasteiger charge is 2.46. The number of amides is 1. The second kappa shape index (κ2) is 6.00. The molecular weight excluding hydrogens is 386 g/mol. The summed E-state index contributed by atoms with van der Waals surface area (Å²) in [7, 11) is 1.58. The van der Waals surface area contributed by atoms with Crippen LogP contribution in [0.3, 0.4) is 0 Å². The molecule has 9 nitrogen and oxygen atoms in total. The zero-order valence-electron chi connectivity index (χ0n) is 15.4. The second-order valence-electron chi connectivity index (χ2n) is 7.08. The molecule has 3 aromatic heterocycles. The largest absolute Gasteiger partial charge is 0.488 e. The van der Waals surface area contributed by atoms with E-state index in [0.29, 0.717) is 30.4 Å². The monoisotopic (exact) mass is 402 g/mol. The molecule has 2 aliphatic rings. The molecule has 2 aliphatic heterocycles. The Kier molecular flexibility index (Phi) is 3.64. The Morgan fingerprint density at radius 2 is 2.07 bits per heavy atom. The second-order valence-corrected chi connectivity index (χ2v) is 7.08. The number of likely N-dealkylation sites (tertiary alicyclic amines) is 1. The third-order valence-corrected chi connectivity index (χ3v) is 5.00. The van der Waals surface area contributed by atoms with Crippen LogP contribution in [0.15, 0.2) is 35.4 Å². The van der Waals surface area contributed by atoms with Crippen molar-refractivity contribution in [3.8, 4) is 5.75 Å². The van der Waals surface area contributed by atoms with Crippen molar-refractivity contribution >= 4 is 23.1 Å². The van der Waals surface area contributed by atoms with E-state index in [9.17, 15) is 18.4 Å². The van der Waals surface area contributed by atoms with Gasteiger partial charge in [0.15, 0.2) is 17.2 Å². The highest BCUT2D eigenvalue weighted by Crippen LogP contribution is 2.36. The van der Waals surface area contributed by atoms with Gasteiger partial charge in [-0.05, 0) is 12.1 Å². The predicted molar refractivity (Wildman–Crippen MR) is 98.0 cm³/mol. The quantitative estimate of drug-likeness (QED) is 0.637. The van der Waals surface area contributed by atoms with Crippen molar-refractivity contribution in [2.45, 2.75) is 5.92 Å². The van der Waals surface area contributed by atoms with Crippen LogP contribution in [0.4, 0.5) is 20.3 Å². The van der Waals surface area contributed by atoms with Gasteiger partial charge in [-0.15, -0.1) is 0 Å². The summed E-state index contributed by atoms with van der Waals surface area (Å²) >= 11 is 0. The van der Waals surface area contributed by atoms with E-state index in [0.717, 1.165) is 10.6 Å². The molecule has 5 heterocycles. The minimum absolute atomic E-state index is 0.202. The Bertz CT molecular complexity index is 1200. The number of aryl methyl sites for hydroxylation is 1. The summed E-state index contributed by atoms with van der Waals surface area (Å²) in [4.78, 5) is 31.7. The molecule has 0 atom stereocenters. The third-order valence-electron chi connectivity index (χ3n) is 5.00. The first-order valence-corrected chi connectivity index (χ1v) is 8.95. The van der Waals surface area contributed by atoms with Gasteiger partial charge in [-0.2, -0.15) is 5.10 Å². The van der Waals surface area contributed by atoms with E-state index >= 15 is 0 Å². The molecule has 0 bridgehead atoms.